The number of hydrogen-bond donors (Lipinski definition) is 2. The number of likely N-dealkylation sites (N-methyl/N-ethyl adjacent to an activating group) is 1. The van der Waals surface area contributed by atoms with Crippen molar-refractivity contribution >= 4 is 23.7 Å². The Balaban J connectivity index is 2.16. The predicted octanol–water partition coefficient (Wildman–Crippen LogP) is 3.23. The molecule has 1 aromatic rings. The van der Waals surface area contributed by atoms with E-state index in [1.807, 2.05) is 12.1 Å². The number of carboxylic acid groups (broad SMARTS) is 1. The maximum atomic E-state index is 12.0. The number of halogens is 1. The normalized spacial score (nSPS) is 22.3. The van der Waals surface area contributed by atoms with E-state index in [4.69, 9.17) is 21.4 Å². The number of alkyl halides is 1. The molecule has 144 valence electrons. The van der Waals surface area contributed by atoms with E-state index >= 15 is 0 Å². The van der Waals surface area contributed by atoms with E-state index in [0.29, 0.717) is 5.75 Å². The summed E-state index contributed by atoms with van der Waals surface area (Å²) in [5.41, 5.74) is 1.17. The van der Waals surface area contributed by atoms with Crippen molar-refractivity contribution in [3.63, 3.8) is 0 Å². The molecule has 2 atom stereocenters. The Morgan fingerprint density at radius 2 is 2.19 bits per heavy atom. The summed E-state index contributed by atoms with van der Waals surface area (Å²) in [5, 5.41) is 11.2. The predicted molar refractivity (Wildman–Crippen MR) is 101 cm³/mol. The molecule has 6 nitrogen and oxygen atoms in total. The fourth-order valence-electron chi connectivity index (χ4n) is 3.58. The minimum absolute atomic E-state index is 0.0286. The molecule has 2 rings (SSSR count). The fraction of sp³-hybridized carbons (Fsp3) is 0.579. The number of aliphatic carboxylic acids is 1. The first-order valence-electron chi connectivity index (χ1n) is 8.96. The van der Waals surface area contributed by atoms with Crippen LogP contribution in [-0.4, -0.2) is 54.1 Å². The van der Waals surface area contributed by atoms with Crippen LogP contribution in [0.5, 0.6) is 5.75 Å². The van der Waals surface area contributed by atoms with Gasteiger partial charge in [0.05, 0.1) is 5.88 Å². The molecule has 0 aromatic heterocycles. The number of hydrogen-bond acceptors (Lipinski definition) is 4. The van der Waals surface area contributed by atoms with E-state index in [1.54, 1.807) is 6.07 Å². The van der Waals surface area contributed by atoms with Crippen molar-refractivity contribution in [2.24, 2.45) is 0 Å². The first-order chi connectivity index (χ1) is 12.4. The Labute approximate surface area is 159 Å². The Hall–Kier alpha value is -1.79. The van der Waals surface area contributed by atoms with E-state index in [-0.39, 0.29) is 11.3 Å². The Morgan fingerprint density at radius 3 is 2.85 bits per heavy atom. The second kappa shape index (κ2) is 9.24. The summed E-state index contributed by atoms with van der Waals surface area (Å²) >= 11 is 5.55. The van der Waals surface area contributed by atoms with Crippen LogP contribution in [0.3, 0.4) is 0 Å². The van der Waals surface area contributed by atoms with Crippen molar-refractivity contribution in [3.8, 4) is 5.75 Å². The maximum Gasteiger partial charge on any atom is 0.413 e. The van der Waals surface area contributed by atoms with Gasteiger partial charge in [-0.15, -0.1) is 11.6 Å². The molecule has 1 amide bonds. The van der Waals surface area contributed by atoms with Gasteiger partial charge in [0.15, 0.2) is 0 Å². The summed E-state index contributed by atoms with van der Waals surface area (Å²) in [5.74, 6) is -1.02. The average molecular weight is 383 g/mol. The topological polar surface area (TPSA) is 78.9 Å². The Kier molecular flexibility index (Phi) is 7.29. The maximum absolute atomic E-state index is 12.0. The third-order valence-corrected chi connectivity index (χ3v) is 5.40. The number of carbonyl (C=O) groups is 2. The van der Waals surface area contributed by atoms with Crippen LogP contribution in [-0.2, 0) is 10.2 Å². The highest BCUT2D eigenvalue weighted by molar-refractivity contribution is 6.19. The largest absolute Gasteiger partial charge is 0.480 e. The van der Waals surface area contributed by atoms with Gasteiger partial charge in [-0.2, -0.15) is 0 Å². The van der Waals surface area contributed by atoms with E-state index < -0.39 is 18.1 Å². The lowest BCUT2D eigenvalue weighted by molar-refractivity contribution is -0.138. The number of benzene rings is 1. The van der Waals surface area contributed by atoms with E-state index in [9.17, 15) is 9.59 Å². The zero-order valence-corrected chi connectivity index (χ0v) is 16.1. The van der Waals surface area contributed by atoms with Crippen LogP contribution in [0.4, 0.5) is 4.79 Å². The molecule has 7 heteroatoms. The van der Waals surface area contributed by atoms with Gasteiger partial charge in [0, 0.05) is 12.0 Å². The number of nitrogens with one attached hydrogen (secondary N) is 1. The van der Waals surface area contributed by atoms with Crippen molar-refractivity contribution in [2.45, 2.75) is 44.1 Å². The number of amides is 1. The SMILES string of the molecule is CCC1(c2cccc(OC(=O)NC(CCl)C(=O)O)c2)CCCCN(C)C1. The monoisotopic (exact) mass is 382 g/mol. The molecule has 2 unspecified atom stereocenters. The average Bonchev–Trinajstić information content (AvgIpc) is 2.81. The van der Waals surface area contributed by atoms with Crippen LogP contribution >= 0.6 is 11.6 Å². The van der Waals surface area contributed by atoms with Gasteiger partial charge in [-0.3, -0.25) is 0 Å². The summed E-state index contributed by atoms with van der Waals surface area (Å²) in [6, 6.07) is 6.36. The number of rotatable bonds is 6. The van der Waals surface area contributed by atoms with Gasteiger partial charge in [0.1, 0.15) is 11.8 Å². The van der Waals surface area contributed by atoms with Crippen LogP contribution in [0.25, 0.3) is 0 Å². The first kappa shape index (κ1) is 20.5. The van der Waals surface area contributed by atoms with Crippen LogP contribution < -0.4 is 10.1 Å². The molecule has 26 heavy (non-hydrogen) atoms. The van der Waals surface area contributed by atoms with Gasteiger partial charge in [0.2, 0.25) is 0 Å². The molecule has 2 N–H and O–H groups in total. The second-order valence-electron chi connectivity index (χ2n) is 6.94. The van der Waals surface area contributed by atoms with Crippen LogP contribution in [0.1, 0.15) is 38.2 Å². The lowest BCUT2D eigenvalue weighted by Gasteiger charge is -2.35. The number of carbonyl (C=O) groups excluding carboxylic acids is 1. The third kappa shape index (κ3) is 5.11. The van der Waals surface area contributed by atoms with Crippen molar-refractivity contribution in [2.75, 3.05) is 26.0 Å². The van der Waals surface area contributed by atoms with Gasteiger partial charge >= 0.3 is 12.1 Å². The van der Waals surface area contributed by atoms with Gasteiger partial charge in [-0.05, 0) is 50.6 Å². The lowest BCUT2D eigenvalue weighted by Crippen LogP contribution is -2.43. The van der Waals surface area contributed by atoms with Crippen LogP contribution in [0.15, 0.2) is 24.3 Å². The molecule has 0 spiro atoms. The highest BCUT2D eigenvalue weighted by Gasteiger charge is 2.33. The van der Waals surface area contributed by atoms with Crippen LogP contribution in [0.2, 0.25) is 0 Å². The van der Waals surface area contributed by atoms with Crippen molar-refractivity contribution in [1.82, 2.24) is 10.2 Å². The summed E-state index contributed by atoms with van der Waals surface area (Å²) in [6.45, 7) is 4.25. The second-order valence-corrected chi connectivity index (χ2v) is 7.24. The Bertz CT molecular complexity index is 640. The molecule has 1 aliphatic heterocycles. The standard InChI is InChI=1S/C19H27ClN2O4/c1-3-19(9-4-5-10-22(2)13-19)14-7-6-8-15(11-14)26-18(25)21-16(12-20)17(23)24/h6-8,11,16H,3-5,9-10,12-13H2,1-2H3,(H,21,25)(H,23,24). The number of ether oxygens (including phenoxy) is 1. The minimum Gasteiger partial charge on any atom is -0.480 e. The molecule has 1 heterocycles. The van der Waals surface area contributed by atoms with Gasteiger partial charge in [-0.1, -0.05) is 25.5 Å². The zero-order chi connectivity index (χ0) is 19.2. The van der Waals surface area contributed by atoms with Crippen molar-refractivity contribution in [1.29, 1.82) is 0 Å². The first-order valence-corrected chi connectivity index (χ1v) is 9.50. The summed E-state index contributed by atoms with van der Waals surface area (Å²) in [6.07, 6.45) is 3.63. The molecule has 1 aromatic carbocycles. The van der Waals surface area contributed by atoms with E-state index in [1.165, 1.54) is 12.8 Å². The smallest absolute Gasteiger partial charge is 0.413 e. The molecule has 0 saturated carbocycles. The van der Waals surface area contributed by atoms with Gasteiger partial charge in [0.25, 0.3) is 0 Å². The van der Waals surface area contributed by atoms with E-state index in [0.717, 1.165) is 31.5 Å². The summed E-state index contributed by atoms with van der Waals surface area (Å²) < 4.78 is 5.29. The van der Waals surface area contributed by atoms with Gasteiger partial charge in [-0.25, -0.2) is 9.59 Å². The fourth-order valence-corrected chi connectivity index (χ4v) is 3.79. The molecule has 1 fully saturated rings. The lowest BCUT2D eigenvalue weighted by atomic mass is 9.74. The quantitative estimate of drug-likeness (QED) is 0.738. The Morgan fingerprint density at radius 1 is 1.42 bits per heavy atom. The molecule has 0 aliphatic carbocycles. The molecule has 1 saturated heterocycles. The third-order valence-electron chi connectivity index (χ3n) is 5.10. The number of likely N-dealkylation sites (tertiary alicyclic amines) is 1. The summed E-state index contributed by atoms with van der Waals surface area (Å²) in [7, 11) is 2.14. The van der Waals surface area contributed by atoms with Crippen molar-refractivity contribution < 1.29 is 19.4 Å². The molecular weight excluding hydrogens is 356 g/mol. The minimum atomic E-state index is -1.20. The zero-order valence-electron chi connectivity index (χ0n) is 15.3. The molecular formula is C19H27ClN2O4. The van der Waals surface area contributed by atoms with E-state index in [2.05, 4.69) is 30.3 Å². The number of carboxylic acids is 1. The highest BCUT2D eigenvalue weighted by Crippen LogP contribution is 2.37. The molecule has 0 bridgehead atoms. The van der Waals surface area contributed by atoms with Crippen LogP contribution in [0, 0.1) is 0 Å². The molecule has 1 aliphatic rings. The highest BCUT2D eigenvalue weighted by atomic mass is 35.5. The summed E-state index contributed by atoms with van der Waals surface area (Å²) in [4.78, 5) is 25.3. The van der Waals surface area contributed by atoms with Gasteiger partial charge < -0.3 is 20.1 Å². The molecule has 0 radical (unpaired) electrons. The van der Waals surface area contributed by atoms with Crippen molar-refractivity contribution in [3.05, 3.63) is 29.8 Å². The number of nitrogens with zero attached hydrogens (tertiary/aromatic N) is 1.